The molecule has 0 bridgehead atoms. The number of halogens is 1. The molecule has 1 unspecified atom stereocenters. The molecule has 4 aromatic rings. The lowest BCUT2D eigenvalue weighted by Gasteiger charge is -2.31. The van der Waals surface area contributed by atoms with Crippen LogP contribution in [0.15, 0.2) is 67.0 Å². The second-order valence-electron chi connectivity index (χ2n) is 9.88. The van der Waals surface area contributed by atoms with Crippen molar-refractivity contribution in [3.8, 4) is 11.1 Å². The number of pyridine rings is 1. The monoisotopic (exact) mass is 512 g/mol. The first kappa shape index (κ1) is 25.3. The van der Waals surface area contributed by atoms with Crippen LogP contribution < -0.4 is 10.2 Å². The Bertz CT molecular complexity index is 1460. The number of carbonyl (C=O) groups is 2. The molecule has 2 aromatic carbocycles. The molecule has 1 atom stereocenters. The van der Waals surface area contributed by atoms with Gasteiger partial charge >= 0.3 is 0 Å². The van der Waals surface area contributed by atoms with E-state index in [1.807, 2.05) is 37.4 Å². The number of amides is 2. The number of benzene rings is 2. The average Bonchev–Trinajstić information content (AvgIpc) is 3.37. The van der Waals surface area contributed by atoms with Crippen molar-refractivity contribution < 1.29 is 14.0 Å². The molecule has 1 aliphatic heterocycles. The van der Waals surface area contributed by atoms with Crippen molar-refractivity contribution in [2.24, 2.45) is 5.41 Å². The number of rotatable bonds is 8. The highest BCUT2D eigenvalue weighted by molar-refractivity contribution is 6.02. The first-order valence-electron chi connectivity index (χ1n) is 12.6. The summed E-state index contributed by atoms with van der Waals surface area (Å²) in [6.07, 6.45) is 5.99. The Balaban J connectivity index is 1.27. The minimum absolute atomic E-state index is 0.0399. The zero-order chi connectivity index (χ0) is 26.7. The molecule has 194 valence electrons. The minimum atomic E-state index is -0.423. The first-order valence-corrected chi connectivity index (χ1v) is 12.6. The third-order valence-electron chi connectivity index (χ3n) is 7.24. The number of hydrogen-bond acceptors (Lipinski definition) is 6. The van der Waals surface area contributed by atoms with Gasteiger partial charge in [-0.2, -0.15) is 0 Å². The lowest BCUT2D eigenvalue weighted by molar-refractivity contribution is -0.118. The molecular formula is C29H29FN6O2. The maximum atomic E-state index is 13.2. The van der Waals surface area contributed by atoms with Gasteiger partial charge in [0.25, 0.3) is 5.91 Å². The second-order valence-corrected chi connectivity index (χ2v) is 9.88. The summed E-state index contributed by atoms with van der Waals surface area (Å²) in [5.74, 6) is 0.208. The molecule has 1 aliphatic rings. The number of anilines is 2. The van der Waals surface area contributed by atoms with Crippen LogP contribution in [-0.2, 0) is 4.79 Å². The summed E-state index contributed by atoms with van der Waals surface area (Å²) >= 11 is 0. The Morgan fingerprint density at radius 3 is 2.58 bits per heavy atom. The van der Waals surface area contributed by atoms with E-state index in [0.29, 0.717) is 11.3 Å². The molecule has 0 spiro atoms. The van der Waals surface area contributed by atoms with Gasteiger partial charge < -0.3 is 15.1 Å². The van der Waals surface area contributed by atoms with Crippen molar-refractivity contribution in [2.75, 3.05) is 36.9 Å². The predicted octanol–water partition coefficient (Wildman–Crippen LogP) is 4.78. The van der Waals surface area contributed by atoms with Gasteiger partial charge in [-0.05, 0) is 60.9 Å². The fourth-order valence-electron chi connectivity index (χ4n) is 5.02. The van der Waals surface area contributed by atoms with Crippen molar-refractivity contribution in [2.45, 2.75) is 19.8 Å². The molecule has 38 heavy (non-hydrogen) atoms. The molecule has 9 heteroatoms. The number of nitrogens with zero attached hydrogens (tertiary/aromatic N) is 5. The number of fused-ring (bicyclic) bond motifs is 1. The summed E-state index contributed by atoms with van der Waals surface area (Å²) in [5, 5.41) is 3.75. The Morgan fingerprint density at radius 2 is 1.87 bits per heavy atom. The van der Waals surface area contributed by atoms with Crippen LogP contribution in [0, 0.1) is 11.2 Å². The van der Waals surface area contributed by atoms with E-state index in [1.165, 1.54) is 12.1 Å². The lowest BCUT2D eigenvalue weighted by atomic mass is 9.84. The van der Waals surface area contributed by atoms with Gasteiger partial charge in [-0.15, -0.1) is 0 Å². The van der Waals surface area contributed by atoms with Gasteiger partial charge in [-0.3, -0.25) is 9.59 Å². The largest absolute Gasteiger partial charge is 0.356 e. The zero-order valence-corrected chi connectivity index (χ0v) is 21.4. The number of carbonyl (C=O) groups excluding carboxylic acids is 2. The molecule has 2 amide bonds. The molecule has 0 radical (unpaired) electrons. The highest BCUT2D eigenvalue weighted by atomic mass is 19.1. The van der Waals surface area contributed by atoms with E-state index in [0.717, 1.165) is 61.2 Å². The Hall–Kier alpha value is -4.40. The van der Waals surface area contributed by atoms with Crippen molar-refractivity contribution in [1.29, 1.82) is 0 Å². The van der Waals surface area contributed by atoms with Gasteiger partial charge in [0.1, 0.15) is 11.6 Å². The number of aromatic nitrogens is 3. The van der Waals surface area contributed by atoms with Crippen LogP contribution in [0.3, 0.4) is 0 Å². The topological polar surface area (TPSA) is 91.3 Å². The smallest absolute Gasteiger partial charge is 0.293 e. The first-order chi connectivity index (χ1) is 18.4. The molecule has 2 aromatic heterocycles. The average molecular weight is 513 g/mol. The van der Waals surface area contributed by atoms with Crippen molar-refractivity contribution in [1.82, 2.24) is 19.9 Å². The molecule has 0 saturated carbocycles. The third kappa shape index (κ3) is 5.32. The standard InChI is InChI=1S/C29H29FN6O2/c1-3-29(17-35(2)19-37)12-13-36(18-29)26-11-6-21-14-24(9-10-25(21)34-26)33-28(38)27-31-15-22(16-32-27)20-4-7-23(30)8-5-20/h4-11,14-16,19H,3,12-13,17-18H2,1-2H3,(H,33,38). The molecule has 5 rings (SSSR count). The van der Waals surface area contributed by atoms with E-state index in [9.17, 15) is 14.0 Å². The third-order valence-corrected chi connectivity index (χ3v) is 7.24. The fourth-order valence-corrected chi connectivity index (χ4v) is 5.02. The molecular weight excluding hydrogens is 483 g/mol. The van der Waals surface area contributed by atoms with Gasteiger partial charge in [0, 0.05) is 61.1 Å². The molecule has 8 nitrogen and oxygen atoms in total. The second kappa shape index (κ2) is 10.5. The van der Waals surface area contributed by atoms with Crippen LogP contribution in [0.5, 0.6) is 0 Å². The summed E-state index contributed by atoms with van der Waals surface area (Å²) in [4.78, 5) is 41.1. The van der Waals surface area contributed by atoms with Crippen LogP contribution >= 0.6 is 0 Å². The van der Waals surface area contributed by atoms with E-state index in [1.54, 1.807) is 29.4 Å². The van der Waals surface area contributed by atoms with Gasteiger partial charge in [0.15, 0.2) is 0 Å². The van der Waals surface area contributed by atoms with Crippen LogP contribution in [0.1, 0.15) is 30.4 Å². The van der Waals surface area contributed by atoms with E-state index in [2.05, 4.69) is 27.1 Å². The normalized spacial score (nSPS) is 17.0. The number of hydrogen-bond donors (Lipinski definition) is 1. The van der Waals surface area contributed by atoms with Gasteiger partial charge in [-0.25, -0.2) is 19.3 Å². The van der Waals surface area contributed by atoms with E-state index in [4.69, 9.17) is 4.98 Å². The van der Waals surface area contributed by atoms with Crippen LogP contribution in [0.25, 0.3) is 22.0 Å². The van der Waals surface area contributed by atoms with Crippen molar-refractivity contribution in [3.63, 3.8) is 0 Å². The Labute approximate surface area is 220 Å². The summed E-state index contributed by atoms with van der Waals surface area (Å²) in [7, 11) is 1.83. The quantitative estimate of drug-likeness (QED) is 0.342. The van der Waals surface area contributed by atoms with Gasteiger partial charge in [0.05, 0.1) is 5.52 Å². The maximum absolute atomic E-state index is 13.2. The zero-order valence-electron chi connectivity index (χ0n) is 21.4. The minimum Gasteiger partial charge on any atom is -0.356 e. The fraction of sp³-hybridized carbons (Fsp3) is 0.276. The predicted molar refractivity (Wildman–Crippen MR) is 145 cm³/mol. The van der Waals surface area contributed by atoms with Crippen LogP contribution in [0.2, 0.25) is 0 Å². The number of nitrogens with one attached hydrogen (secondary N) is 1. The summed E-state index contributed by atoms with van der Waals surface area (Å²) in [6, 6.07) is 15.6. The van der Waals surface area contributed by atoms with Crippen LogP contribution in [0.4, 0.5) is 15.9 Å². The molecule has 1 N–H and O–H groups in total. The van der Waals surface area contributed by atoms with E-state index < -0.39 is 5.91 Å². The highest BCUT2D eigenvalue weighted by Crippen LogP contribution is 2.37. The van der Waals surface area contributed by atoms with Gasteiger partial charge in [0.2, 0.25) is 12.2 Å². The van der Waals surface area contributed by atoms with Crippen molar-refractivity contribution >= 4 is 34.7 Å². The molecule has 0 aliphatic carbocycles. The maximum Gasteiger partial charge on any atom is 0.293 e. The summed E-state index contributed by atoms with van der Waals surface area (Å²) in [6.45, 7) is 4.66. The van der Waals surface area contributed by atoms with Crippen molar-refractivity contribution in [3.05, 3.63) is 78.6 Å². The molecule has 1 fully saturated rings. The summed E-state index contributed by atoms with van der Waals surface area (Å²) < 4.78 is 13.2. The van der Waals surface area contributed by atoms with E-state index in [-0.39, 0.29) is 17.1 Å². The summed E-state index contributed by atoms with van der Waals surface area (Å²) in [5.41, 5.74) is 2.98. The lowest BCUT2D eigenvalue weighted by Crippen LogP contribution is -2.37. The molecule has 1 saturated heterocycles. The van der Waals surface area contributed by atoms with Gasteiger partial charge in [-0.1, -0.05) is 19.1 Å². The van der Waals surface area contributed by atoms with E-state index >= 15 is 0 Å². The highest BCUT2D eigenvalue weighted by Gasteiger charge is 2.38. The molecule has 3 heterocycles. The van der Waals surface area contributed by atoms with Crippen LogP contribution in [-0.4, -0.2) is 58.9 Å². The Kier molecular flexibility index (Phi) is 7.00. The Morgan fingerprint density at radius 1 is 1.11 bits per heavy atom. The SMILES string of the molecule is CCC1(CN(C)C=O)CCN(c2ccc3cc(NC(=O)c4ncc(-c5ccc(F)cc5)cn4)ccc3n2)C1.